The molecule has 32 heavy (non-hydrogen) atoms. The minimum absolute atomic E-state index is 0.146. The molecule has 8 heteroatoms. The van der Waals surface area contributed by atoms with E-state index in [1.807, 2.05) is 32.9 Å². The smallest absolute Gasteiger partial charge is 0.263 e. The van der Waals surface area contributed by atoms with Crippen molar-refractivity contribution in [3.05, 3.63) is 45.6 Å². The van der Waals surface area contributed by atoms with Crippen LogP contribution in [0.4, 0.5) is 5.82 Å². The highest BCUT2D eigenvalue weighted by atomic mass is 32.2. The van der Waals surface area contributed by atoms with Gasteiger partial charge in [0.25, 0.3) is 10.0 Å². The number of fused-ring (bicyclic) bond motifs is 1. The molecule has 1 aliphatic rings. The van der Waals surface area contributed by atoms with E-state index in [4.69, 9.17) is 9.97 Å². The first-order valence-electron chi connectivity index (χ1n) is 11.2. The Morgan fingerprint density at radius 2 is 1.78 bits per heavy atom. The number of sulfonamides is 1. The lowest BCUT2D eigenvalue weighted by Gasteiger charge is -2.21. The molecule has 3 aromatic rings. The topological polar surface area (TPSA) is 76.4 Å². The quantitative estimate of drug-likeness (QED) is 0.589. The van der Waals surface area contributed by atoms with Crippen molar-refractivity contribution in [3.63, 3.8) is 0 Å². The Hall–Kier alpha value is -2.03. The van der Waals surface area contributed by atoms with Crippen molar-refractivity contribution in [3.8, 4) is 0 Å². The number of aryl methyl sites for hydroxylation is 3. The first kappa shape index (κ1) is 23.1. The van der Waals surface area contributed by atoms with Crippen LogP contribution in [0.1, 0.15) is 61.0 Å². The molecule has 0 radical (unpaired) electrons. The third kappa shape index (κ3) is 4.54. The lowest BCUT2D eigenvalue weighted by Crippen LogP contribution is -3.08. The molecule has 6 nitrogen and oxygen atoms in total. The molecule has 0 amide bonds. The van der Waals surface area contributed by atoms with Crippen molar-refractivity contribution in [2.75, 3.05) is 17.8 Å². The van der Waals surface area contributed by atoms with Gasteiger partial charge >= 0.3 is 0 Å². The van der Waals surface area contributed by atoms with E-state index in [1.54, 1.807) is 17.4 Å². The largest absolute Gasteiger partial charge is 0.329 e. The summed E-state index contributed by atoms with van der Waals surface area (Å²) >= 11 is 1.60. The average Bonchev–Trinajstić information content (AvgIpc) is 3.29. The van der Waals surface area contributed by atoms with Crippen LogP contribution in [-0.4, -0.2) is 31.5 Å². The minimum atomic E-state index is -3.81. The third-order valence-electron chi connectivity index (χ3n) is 6.37. The van der Waals surface area contributed by atoms with Crippen molar-refractivity contribution in [1.29, 1.82) is 0 Å². The summed E-state index contributed by atoms with van der Waals surface area (Å²) in [7, 11) is -3.81. The SMILES string of the molecule is Cc1ccc(C(C)(C)C)cc1S(=O)(=O)Nc1nc(C[NH+]2CCCC2)nc2sc(C)c(C)c12. The molecule has 4 rings (SSSR count). The first-order chi connectivity index (χ1) is 15.0. The molecule has 172 valence electrons. The summed E-state index contributed by atoms with van der Waals surface area (Å²) < 4.78 is 29.9. The van der Waals surface area contributed by atoms with Gasteiger partial charge in [-0.1, -0.05) is 32.9 Å². The van der Waals surface area contributed by atoms with Crippen LogP contribution in [0.3, 0.4) is 0 Å². The summed E-state index contributed by atoms with van der Waals surface area (Å²) in [6, 6.07) is 5.67. The number of benzene rings is 1. The van der Waals surface area contributed by atoms with E-state index in [0.717, 1.165) is 51.4 Å². The predicted molar refractivity (Wildman–Crippen MR) is 131 cm³/mol. The predicted octanol–water partition coefficient (Wildman–Crippen LogP) is 3.89. The van der Waals surface area contributed by atoms with E-state index in [0.29, 0.717) is 16.5 Å². The lowest BCUT2D eigenvalue weighted by atomic mass is 9.87. The molecule has 2 N–H and O–H groups in total. The van der Waals surface area contributed by atoms with E-state index < -0.39 is 10.0 Å². The molecule has 1 aliphatic heterocycles. The summed E-state index contributed by atoms with van der Waals surface area (Å²) in [5, 5.41) is 0.806. The van der Waals surface area contributed by atoms with Gasteiger partial charge in [-0.25, -0.2) is 18.4 Å². The van der Waals surface area contributed by atoms with Crippen LogP contribution in [-0.2, 0) is 22.0 Å². The zero-order valence-corrected chi connectivity index (χ0v) is 21.4. The van der Waals surface area contributed by atoms with E-state index in [9.17, 15) is 8.42 Å². The number of nitrogens with zero attached hydrogens (tertiary/aromatic N) is 2. The molecule has 2 aromatic heterocycles. The molecular formula is C24H33N4O2S2+. The number of quaternary nitrogens is 1. The molecule has 3 heterocycles. The normalized spacial score (nSPS) is 15.6. The Bertz CT molecular complexity index is 1270. The van der Waals surface area contributed by atoms with E-state index in [-0.39, 0.29) is 5.41 Å². The number of hydrogen-bond acceptors (Lipinski definition) is 5. The average molecular weight is 474 g/mol. The Morgan fingerprint density at radius 1 is 1.09 bits per heavy atom. The van der Waals surface area contributed by atoms with Crippen molar-refractivity contribution >= 4 is 37.4 Å². The molecule has 0 bridgehead atoms. The van der Waals surface area contributed by atoms with Gasteiger partial charge in [0.15, 0.2) is 11.6 Å². The summed E-state index contributed by atoms with van der Waals surface area (Å²) in [5.41, 5.74) is 2.59. The van der Waals surface area contributed by atoms with Crippen molar-refractivity contribution in [2.24, 2.45) is 0 Å². The van der Waals surface area contributed by atoms with Gasteiger partial charge in [0.1, 0.15) is 11.4 Å². The van der Waals surface area contributed by atoms with Crippen LogP contribution in [0.2, 0.25) is 0 Å². The molecule has 0 unspecified atom stereocenters. The fourth-order valence-electron chi connectivity index (χ4n) is 4.26. The number of rotatable bonds is 5. The van der Waals surface area contributed by atoms with Crippen molar-refractivity contribution in [1.82, 2.24) is 9.97 Å². The van der Waals surface area contributed by atoms with Crippen LogP contribution < -0.4 is 9.62 Å². The molecule has 0 saturated carbocycles. The Labute approximate surface area is 195 Å². The molecule has 1 saturated heterocycles. The summed E-state index contributed by atoms with van der Waals surface area (Å²) in [6.07, 6.45) is 2.44. The van der Waals surface area contributed by atoms with Crippen molar-refractivity contribution < 1.29 is 13.3 Å². The number of likely N-dealkylation sites (tertiary alicyclic amines) is 1. The molecule has 0 atom stereocenters. The molecule has 0 spiro atoms. The second kappa shape index (κ2) is 8.39. The van der Waals surface area contributed by atoms with Crippen LogP contribution >= 0.6 is 11.3 Å². The maximum atomic E-state index is 13.5. The van der Waals surface area contributed by atoms with Gasteiger partial charge in [0, 0.05) is 17.7 Å². The zero-order chi connectivity index (χ0) is 23.3. The number of aromatic nitrogens is 2. The molecule has 0 aliphatic carbocycles. The Morgan fingerprint density at radius 3 is 2.44 bits per heavy atom. The molecule has 1 fully saturated rings. The maximum absolute atomic E-state index is 13.5. The number of anilines is 1. The maximum Gasteiger partial charge on any atom is 0.263 e. The summed E-state index contributed by atoms with van der Waals surface area (Å²) in [5.74, 6) is 1.10. The van der Waals surface area contributed by atoms with Gasteiger partial charge in [-0.15, -0.1) is 11.3 Å². The Kier molecular flexibility index (Phi) is 6.07. The van der Waals surface area contributed by atoms with Gasteiger partial charge in [-0.2, -0.15) is 0 Å². The van der Waals surface area contributed by atoms with E-state index in [2.05, 4.69) is 25.5 Å². The third-order valence-corrected chi connectivity index (χ3v) is 8.95. The van der Waals surface area contributed by atoms with Crippen molar-refractivity contribution in [2.45, 2.75) is 71.2 Å². The van der Waals surface area contributed by atoms with Gasteiger partial charge in [-0.3, -0.25) is 4.72 Å². The van der Waals surface area contributed by atoms with Crippen LogP contribution in [0.15, 0.2) is 23.1 Å². The number of hydrogen-bond donors (Lipinski definition) is 2. The zero-order valence-electron chi connectivity index (χ0n) is 19.8. The highest BCUT2D eigenvalue weighted by Crippen LogP contribution is 2.35. The first-order valence-corrected chi connectivity index (χ1v) is 13.5. The van der Waals surface area contributed by atoms with E-state index in [1.165, 1.54) is 17.7 Å². The van der Waals surface area contributed by atoms with Crippen LogP contribution in [0, 0.1) is 20.8 Å². The lowest BCUT2D eigenvalue weighted by molar-refractivity contribution is -0.902. The van der Waals surface area contributed by atoms with Crippen LogP contribution in [0.25, 0.3) is 10.2 Å². The second-order valence-electron chi connectivity index (χ2n) is 9.92. The monoisotopic (exact) mass is 473 g/mol. The fraction of sp³-hybridized carbons (Fsp3) is 0.500. The molecular weight excluding hydrogens is 440 g/mol. The minimum Gasteiger partial charge on any atom is -0.329 e. The van der Waals surface area contributed by atoms with E-state index >= 15 is 0 Å². The van der Waals surface area contributed by atoms with Gasteiger partial charge < -0.3 is 4.90 Å². The standard InChI is InChI=1S/C24H32N4O2S2/c1-15-9-10-18(24(4,5)6)13-19(15)32(29,30)27-22-21-16(2)17(3)31-23(21)26-20(25-22)14-28-11-7-8-12-28/h9-10,13H,7-8,11-12,14H2,1-6H3,(H,25,26,27)/p+1. The summed E-state index contributed by atoms with van der Waals surface area (Å²) in [4.78, 5) is 13.3. The molecule has 1 aromatic carbocycles. The van der Waals surface area contributed by atoms with Gasteiger partial charge in [0.2, 0.25) is 0 Å². The fourth-order valence-corrected chi connectivity index (χ4v) is 6.59. The van der Waals surface area contributed by atoms with Crippen LogP contribution in [0.5, 0.6) is 0 Å². The summed E-state index contributed by atoms with van der Waals surface area (Å²) in [6.45, 7) is 15.1. The van der Waals surface area contributed by atoms with Gasteiger partial charge in [0.05, 0.1) is 23.4 Å². The highest BCUT2D eigenvalue weighted by molar-refractivity contribution is 7.92. The number of nitrogens with one attached hydrogen (secondary N) is 2. The second-order valence-corrected chi connectivity index (χ2v) is 12.8. The van der Waals surface area contributed by atoms with Gasteiger partial charge in [-0.05, 0) is 48.9 Å². The highest BCUT2D eigenvalue weighted by Gasteiger charge is 2.25. The number of thiophene rings is 1. The Balaban J connectivity index is 1.79.